The molecule has 3 N–H and O–H groups in total. The van der Waals surface area contributed by atoms with Gasteiger partial charge in [-0.15, -0.1) is 11.3 Å². The molecule has 0 saturated heterocycles. The predicted molar refractivity (Wildman–Crippen MR) is 81.1 cm³/mol. The zero-order valence-corrected chi connectivity index (χ0v) is 13.1. The van der Waals surface area contributed by atoms with E-state index in [-0.39, 0.29) is 33.7 Å². The second-order valence-electron chi connectivity index (χ2n) is 3.93. The van der Waals surface area contributed by atoms with E-state index in [1.54, 1.807) is 5.38 Å². The summed E-state index contributed by atoms with van der Waals surface area (Å²) in [5, 5.41) is 4.38. The van der Waals surface area contributed by atoms with E-state index in [1.807, 2.05) is 0 Å². The summed E-state index contributed by atoms with van der Waals surface area (Å²) >= 11 is 12.9. The molecule has 0 atom stereocenters. The maximum atomic E-state index is 12.2. The molecule has 0 radical (unpaired) electrons. The number of aromatic nitrogens is 1. The van der Waals surface area contributed by atoms with Crippen LogP contribution in [0.3, 0.4) is 0 Å². The molecule has 1 heterocycles. The molecule has 0 bridgehead atoms. The molecule has 0 spiro atoms. The number of nitrogens with zero attached hydrogens (tertiary/aromatic N) is 1. The van der Waals surface area contributed by atoms with Gasteiger partial charge in [-0.05, 0) is 12.1 Å². The summed E-state index contributed by atoms with van der Waals surface area (Å²) in [7, 11) is 0. The van der Waals surface area contributed by atoms with Crippen LogP contribution < -0.4 is 15.8 Å². The van der Waals surface area contributed by atoms with Gasteiger partial charge in [-0.3, -0.25) is 4.79 Å². The van der Waals surface area contributed by atoms with E-state index in [0.717, 1.165) is 0 Å². The highest BCUT2D eigenvalue weighted by atomic mass is 35.5. The van der Waals surface area contributed by atoms with E-state index < -0.39 is 12.5 Å². The van der Waals surface area contributed by atoms with Gasteiger partial charge in [-0.2, -0.15) is 8.78 Å². The fraction of sp³-hybridized carbons (Fsp3) is 0.167. The smallest absolute Gasteiger partial charge is 0.387 e. The monoisotopic (exact) mass is 367 g/mol. The van der Waals surface area contributed by atoms with Crippen LogP contribution in [0.25, 0.3) is 0 Å². The van der Waals surface area contributed by atoms with Gasteiger partial charge in [0.15, 0.2) is 5.75 Å². The molecule has 10 heteroatoms. The van der Waals surface area contributed by atoms with Gasteiger partial charge in [0, 0.05) is 17.6 Å². The number of hydrogen-bond donors (Lipinski definition) is 2. The zero-order chi connectivity index (χ0) is 16.3. The summed E-state index contributed by atoms with van der Waals surface area (Å²) in [6, 6.07) is 2.50. The van der Waals surface area contributed by atoms with Crippen molar-refractivity contribution in [3.63, 3.8) is 0 Å². The van der Waals surface area contributed by atoms with E-state index in [4.69, 9.17) is 28.9 Å². The Morgan fingerprint density at radius 1 is 1.41 bits per heavy atom. The highest BCUT2D eigenvalue weighted by Crippen LogP contribution is 2.37. The molecule has 1 aromatic heterocycles. The van der Waals surface area contributed by atoms with Crippen LogP contribution >= 0.6 is 34.5 Å². The molecular formula is C12H9Cl2F2N3O2S. The highest BCUT2D eigenvalue weighted by molar-refractivity contribution is 7.09. The molecule has 0 saturated carbocycles. The van der Waals surface area contributed by atoms with Gasteiger partial charge in [-0.25, -0.2) is 4.98 Å². The molecule has 5 nitrogen and oxygen atoms in total. The maximum Gasteiger partial charge on any atom is 0.387 e. The molecule has 0 unspecified atom stereocenters. The number of carbonyl (C=O) groups is 1. The van der Waals surface area contributed by atoms with Gasteiger partial charge >= 0.3 is 6.61 Å². The highest BCUT2D eigenvalue weighted by Gasteiger charge is 2.16. The van der Waals surface area contributed by atoms with Gasteiger partial charge in [0.25, 0.3) is 5.91 Å². The summed E-state index contributed by atoms with van der Waals surface area (Å²) in [6.07, 6.45) is 0. The Balaban J connectivity index is 2.18. The topological polar surface area (TPSA) is 77.2 Å². The van der Waals surface area contributed by atoms with Gasteiger partial charge in [0.2, 0.25) is 0 Å². The van der Waals surface area contributed by atoms with Crippen molar-refractivity contribution in [3.05, 3.63) is 38.3 Å². The second kappa shape index (κ2) is 7.19. The number of thiazole rings is 1. The van der Waals surface area contributed by atoms with Crippen molar-refractivity contribution in [2.24, 2.45) is 5.73 Å². The first-order chi connectivity index (χ1) is 10.4. The first-order valence-corrected chi connectivity index (χ1v) is 7.44. The Hall–Kier alpha value is -1.48. The summed E-state index contributed by atoms with van der Waals surface area (Å²) in [5.74, 6) is -0.846. The summed E-state index contributed by atoms with van der Waals surface area (Å²) < 4.78 is 28.6. The molecule has 0 aliphatic heterocycles. The number of nitrogens with one attached hydrogen (secondary N) is 1. The van der Waals surface area contributed by atoms with Gasteiger partial charge < -0.3 is 15.8 Å². The van der Waals surface area contributed by atoms with Crippen LogP contribution in [0.1, 0.15) is 15.5 Å². The average Bonchev–Trinajstić information content (AvgIpc) is 2.91. The number of nitrogens with two attached hydrogens (primary N) is 1. The van der Waals surface area contributed by atoms with Crippen molar-refractivity contribution < 1.29 is 18.3 Å². The predicted octanol–water partition coefficient (Wildman–Crippen LogP) is 3.76. The Morgan fingerprint density at radius 2 is 2.05 bits per heavy atom. The third-order valence-corrected chi connectivity index (χ3v) is 3.85. The van der Waals surface area contributed by atoms with Crippen LogP contribution in [0.2, 0.25) is 10.0 Å². The number of alkyl halides is 2. The van der Waals surface area contributed by atoms with E-state index in [2.05, 4.69) is 15.0 Å². The van der Waals surface area contributed by atoms with Gasteiger partial charge in [-0.1, -0.05) is 23.2 Å². The number of carbonyl (C=O) groups excluding carboxylic acids is 1. The number of anilines is 1. The molecule has 0 aliphatic carbocycles. The molecule has 0 aliphatic rings. The number of amides is 1. The lowest BCUT2D eigenvalue weighted by atomic mass is 10.3. The van der Waals surface area contributed by atoms with Crippen LogP contribution in [0.4, 0.5) is 14.5 Å². The standard InChI is InChI=1S/C12H9Cl2F2N3O2S/c13-6-1-5(2-7(14)10(6)21-12(15)16)18-11(20)8-4-22-9(3-17)19-8/h1-2,4,12H,3,17H2,(H,18,20). The van der Waals surface area contributed by atoms with Crippen molar-refractivity contribution in [1.82, 2.24) is 4.98 Å². The molecule has 1 amide bonds. The Labute approximate surface area is 138 Å². The normalized spacial score (nSPS) is 10.8. The number of ether oxygens (including phenoxy) is 1. The zero-order valence-electron chi connectivity index (χ0n) is 10.8. The van der Waals surface area contributed by atoms with Crippen LogP contribution in [-0.4, -0.2) is 17.5 Å². The lowest BCUT2D eigenvalue weighted by Crippen LogP contribution is -2.13. The maximum absolute atomic E-state index is 12.2. The van der Waals surface area contributed by atoms with Crippen LogP contribution in [-0.2, 0) is 6.54 Å². The van der Waals surface area contributed by atoms with Crippen molar-refractivity contribution in [2.75, 3.05) is 5.32 Å². The molecule has 0 fully saturated rings. The van der Waals surface area contributed by atoms with Crippen molar-refractivity contribution in [3.8, 4) is 5.75 Å². The number of halogens is 4. The minimum Gasteiger partial charge on any atom is -0.432 e. The minimum atomic E-state index is -3.06. The first kappa shape index (κ1) is 16.9. The van der Waals surface area contributed by atoms with Crippen LogP contribution in [0, 0.1) is 0 Å². The van der Waals surface area contributed by atoms with E-state index >= 15 is 0 Å². The van der Waals surface area contributed by atoms with Crippen molar-refractivity contribution in [2.45, 2.75) is 13.2 Å². The number of benzene rings is 1. The van der Waals surface area contributed by atoms with E-state index in [9.17, 15) is 13.6 Å². The molecule has 1 aromatic carbocycles. The van der Waals surface area contributed by atoms with Crippen molar-refractivity contribution in [1.29, 1.82) is 0 Å². The van der Waals surface area contributed by atoms with Gasteiger partial charge in [0.05, 0.1) is 10.0 Å². The Morgan fingerprint density at radius 3 is 2.55 bits per heavy atom. The number of rotatable bonds is 5. The largest absolute Gasteiger partial charge is 0.432 e. The fourth-order valence-electron chi connectivity index (χ4n) is 1.54. The summed E-state index contributed by atoms with van der Waals surface area (Å²) in [4.78, 5) is 16.0. The molecule has 118 valence electrons. The molecule has 22 heavy (non-hydrogen) atoms. The van der Waals surface area contributed by atoms with E-state index in [0.29, 0.717) is 5.01 Å². The lowest BCUT2D eigenvalue weighted by molar-refractivity contribution is -0.0497. The van der Waals surface area contributed by atoms with Crippen LogP contribution in [0.5, 0.6) is 5.75 Å². The number of hydrogen-bond acceptors (Lipinski definition) is 5. The molecular weight excluding hydrogens is 359 g/mol. The lowest BCUT2D eigenvalue weighted by Gasteiger charge is -2.11. The SMILES string of the molecule is NCc1nc(C(=O)Nc2cc(Cl)c(OC(F)F)c(Cl)c2)cs1. The Kier molecular flexibility index (Phi) is 5.52. The average molecular weight is 368 g/mol. The fourth-order valence-corrected chi connectivity index (χ4v) is 2.77. The summed E-state index contributed by atoms with van der Waals surface area (Å²) in [6.45, 7) is -2.82. The Bertz CT molecular complexity index is 674. The summed E-state index contributed by atoms with van der Waals surface area (Å²) in [5.41, 5.74) is 5.83. The van der Waals surface area contributed by atoms with Gasteiger partial charge in [0.1, 0.15) is 10.7 Å². The van der Waals surface area contributed by atoms with Crippen LogP contribution in [0.15, 0.2) is 17.5 Å². The minimum absolute atomic E-state index is 0.149. The second-order valence-corrected chi connectivity index (χ2v) is 5.69. The third kappa shape index (κ3) is 4.04. The third-order valence-electron chi connectivity index (χ3n) is 2.42. The van der Waals surface area contributed by atoms with E-state index in [1.165, 1.54) is 23.5 Å². The van der Waals surface area contributed by atoms with Crippen molar-refractivity contribution >= 4 is 46.1 Å². The molecule has 2 aromatic rings. The quantitative estimate of drug-likeness (QED) is 0.843. The molecule has 2 rings (SSSR count). The first-order valence-electron chi connectivity index (χ1n) is 5.80.